The van der Waals surface area contributed by atoms with Gasteiger partial charge in [-0.25, -0.2) is 8.42 Å². The number of sulfone groups is 1. The van der Waals surface area contributed by atoms with Gasteiger partial charge in [0.25, 0.3) is 5.91 Å². The molecule has 0 bridgehead atoms. The SMILES string of the molecule is CS(=O)(=O)c1cc(C(=O)N2C[C@H](C(=O)O)[C@H](c3ccccc3)C2)cs1. The average Bonchev–Trinajstić information content (AvgIpc) is 3.22. The van der Waals surface area contributed by atoms with Crippen molar-refractivity contribution in [2.45, 2.75) is 10.1 Å². The molecule has 2 atom stereocenters. The molecule has 6 nitrogen and oxygen atoms in total. The molecule has 1 aromatic carbocycles. The lowest BCUT2D eigenvalue weighted by molar-refractivity contribution is -0.141. The first-order valence-corrected chi connectivity index (χ1v) is 10.4. The second-order valence-electron chi connectivity index (χ2n) is 6.10. The minimum atomic E-state index is -3.36. The molecule has 1 fully saturated rings. The first kappa shape index (κ1) is 17.6. The highest BCUT2D eigenvalue weighted by atomic mass is 32.2. The fourth-order valence-electron chi connectivity index (χ4n) is 3.06. The van der Waals surface area contributed by atoms with Crippen molar-refractivity contribution in [3.8, 4) is 0 Å². The number of hydrogen-bond acceptors (Lipinski definition) is 5. The van der Waals surface area contributed by atoms with E-state index in [0.29, 0.717) is 6.54 Å². The summed E-state index contributed by atoms with van der Waals surface area (Å²) in [6.07, 6.45) is 1.09. The van der Waals surface area contributed by atoms with E-state index >= 15 is 0 Å². The van der Waals surface area contributed by atoms with Gasteiger partial charge in [-0.15, -0.1) is 11.3 Å². The van der Waals surface area contributed by atoms with Gasteiger partial charge in [0.1, 0.15) is 4.21 Å². The van der Waals surface area contributed by atoms with Crippen molar-refractivity contribution in [3.05, 3.63) is 52.9 Å². The molecule has 2 aromatic rings. The maximum atomic E-state index is 12.7. The maximum Gasteiger partial charge on any atom is 0.308 e. The molecule has 25 heavy (non-hydrogen) atoms. The van der Waals surface area contributed by atoms with Crippen LogP contribution in [0.2, 0.25) is 0 Å². The summed E-state index contributed by atoms with van der Waals surface area (Å²) in [6, 6.07) is 10.6. The Morgan fingerprint density at radius 3 is 2.44 bits per heavy atom. The molecule has 0 radical (unpaired) electrons. The van der Waals surface area contributed by atoms with E-state index < -0.39 is 21.7 Å². The summed E-state index contributed by atoms with van der Waals surface area (Å²) in [5.74, 6) is -2.24. The minimum Gasteiger partial charge on any atom is -0.481 e. The van der Waals surface area contributed by atoms with Crippen LogP contribution in [-0.4, -0.2) is 49.6 Å². The summed E-state index contributed by atoms with van der Waals surface area (Å²) in [5, 5.41) is 11.0. The molecule has 8 heteroatoms. The van der Waals surface area contributed by atoms with Crippen LogP contribution >= 0.6 is 11.3 Å². The van der Waals surface area contributed by atoms with Crippen LogP contribution in [0.25, 0.3) is 0 Å². The summed E-state index contributed by atoms with van der Waals surface area (Å²) in [6.45, 7) is 0.404. The van der Waals surface area contributed by atoms with E-state index in [0.717, 1.165) is 23.2 Å². The van der Waals surface area contributed by atoms with Crippen molar-refractivity contribution in [3.63, 3.8) is 0 Å². The van der Waals surface area contributed by atoms with Gasteiger partial charge in [-0.1, -0.05) is 30.3 Å². The van der Waals surface area contributed by atoms with Gasteiger partial charge in [-0.05, 0) is 11.6 Å². The quantitative estimate of drug-likeness (QED) is 0.878. The molecule has 0 spiro atoms. The molecule has 132 valence electrons. The number of amides is 1. The molecule has 3 rings (SSSR count). The summed E-state index contributed by atoms with van der Waals surface area (Å²) in [5.41, 5.74) is 1.16. The van der Waals surface area contributed by atoms with Crippen LogP contribution in [0.15, 0.2) is 46.0 Å². The predicted octanol–water partition coefficient (Wildman–Crippen LogP) is 2.09. The Morgan fingerprint density at radius 2 is 1.88 bits per heavy atom. The Hall–Kier alpha value is -2.19. The molecule has 1 saturated heterocycles. The molecule has 0 aliphatic carbocycles. The lowest BCUT2D eigenvalue weighted by Crippen LogP contribution is -2.29. The number of benzene rings is 1. The Balaban J connectivity index is 1.85. The van der Waals surface area contributed by atoms with E-state index in [1.54, 1.807) is 0 Å². The Morgan fingerprint density at radius 1 is 1.20 bits per heavy atom. The van der Waals surface area contributed by atoms with Crippen LogP contribution in [0.3, 0.4) is 0 Å². The average molecular weight is 379 g/mol. The van der Waals surface area contributed by atoms with Crippen molar-refractivity contribution in [1.29, 1.82) is 0 Å². The van der Waals surface area contributed by atoms with Crippen molar-refractivity contribution >= 4 is 33.1 Å². The highest BCUT2D eigenvalue weighted by Crippen LogP contribution is 2.34. The third kappa shape index (κ3) is 3.59. The number of thiophene rings is 1. The molecule has 1 aromatic heterocycles. The van der Waals surface area contributed by atoms with Crippen LogP contribution in [0.5, 0.6) is 0 Å². The molecule has 1 aliphatic heterocycles. The Labute approximate surface area is 149 Å². The highest BCUT2D eigenvalue weighted by molar-refractivity contribution is 7.92. The lowest BCUT2D eigenvalue weighted by Gasteiger charge is -2.15. The number of carboxylic acid groups (broad SMARTS) is 1. The van der Waals surface area contributed by atoms with E-state index in [1.165, 1.54) is 16.3 Å². The Bertz CT molecular complexity index is 904. The van der Waals surface area contributed by atoms with E-state index in [4.69, 9.17) is 0 Å². The molecule has 0 saturated carbocycles. The number of rotatable bonds is 4. The van der Waals surface area contributed by atoms with E-state index in [-0.39, 0.29) is 28.1 Å². The largest absolute Gasteiger partial charge is 0.481 e. The molecule has 1 N–H and O–H groups in total. The van der Waals surface area contributed by atoms with Gasteiger partial charge in [0.05, 0.1) is 11.5 Å². The number of carbonyl (C=O) groups is 2. The number of likely N-dealkylation sites (tertiary alicyclic amines) is 1. The summed E-state index contributed by atoms with van der Waals surface area (Å²) in [7, 11) is -3.36. The monoisotopic (exact) mass is 379 g/mol. The van der Waals surface area contributed by atoms with Gasteiger partial charge in [0.15, 0.2) is 9.84 Å². The molecule has 0 unspecified atom stereocenters. The fourth-order valence-corrected chi connectivity index (χ4v) is 4.86. The normalized spacial score (nSPS) is 20.6. The van der Waals surface area contributed by atoms with Gasteiger partial charge < -0.3 is 10.0 Å². The molecule has 1 aliphatic rings. The zero-order chi connectivity index (χ0) is 18.2. The molecular weight excluding hydrogens is 362 g/mol. The first-order chi connectivity index (χ1) is 11.8. The molecular formula is C17H17NO5S2. The Kier molecular flexibility index (Phi) is 4.66. The van der Waals surface area contributed by atoms with E-state index in [2.05, 4.69) is 0 Å². The van der Waals surface area contributed by atoms with Crippen molar-refractivity contribution in [2.24, 2.45) is 5.92 Å². The van der Waals surface area contributed by atoms with Crippen LogP contribution in [0.4, 0.5) is 0 Å². The molecule has 1 amide bonds. The summed E-state index contributed by atoms with van der Waals surface area (Å²) in [4.78, 5) is 25.8. The highest BCUT2D eigenvalue weighted by Gasteiger charge is 2.40. The van der Waals surface area contributed by atoms with Crippen LogP contribution in [0.1, 0.15) is 21.8 Å². The zero-order valence-electron chi connectivity index (χ0n) is 13.5. The van der Waals surface area contributed by atoms with Crippen molar-refractivity contribution < 1.29 is 23.1 Å². The van der Waals surface area contributed by atoms with Crippen LogP contribution in [0, 0.1) is 5.92 Å². The second-order valence-corrected chi connectivity index (χ2v) is 9.25. The number of carbonyl (C=O) groups excluding carboxylic acids is 1. The van der Waals surface area contributed by atoms with Gasteiger partial charge >= 0.3 is 5.97 Å². The number of hydrogen-bond donors (Lipinski definition) is 1. The predicted molar refractivity (Wildman–Crippen MR) is 93.6 cm³/mol. The number of carboxylic acids is 1. The minimum absolute atomic E-state index is 0.109. The topological polar surface area (TPSA) is 91.8 Å². The number of aliphatic carboxylic acids is 1. The van der Waals surface area contributed by atoms with Crippen molar-refractivity contribution in [1.82, 2.24) is 4.90 Å². The van der Waals surface area contributed by atoms with Gasteiger partial charge in [-0.2, -0.15) is 0 Å². The summed E-state index contributed by atoms with van der Waals surface area (Å²) >= 11 is 0.996. The maximum absolute atomic E-state index is 12.7. The molecule has 2 heterocycles. The van der Waals surface area contributed by atoms with Crippen LogP contribution in [-0.2, 0) is 14.6 Å². The smallest absolute Gasteiger partial charge is 0.308 e. The zero-order valence-corrected chi connectivity index (χ0v) is 15.1. The summed E-state index contributed by atoms with van der Waals surface area (Å²) < 4.78 is 23.3. The van der Waals surface area contributed by atoms with E-state index in [1.807, 2.05) is 30.3 Å². The van der Waals surface area contributed by atoms with Crippen LogP contribution < -0.4 is 0 Å². The third-order valence-electron chi connectivity index (χ3n) is 4.34. The second kappa shape index (κ2) is 6.61. The third-order valence-corrected chi connectivity index (χ3v) is 7.11. The van der Waals surface area contributed by atoms with Gasteiger partial charge in [0, 0.05) is 30.6 Å². The fraction of sp³-hybridized carbons (Fsp3) is 0.294. The van der Waals surface area contributed by atoms with Gasteiger partial charge in [-0.3, -0.25) is 9.59 Å². The van der Waals surface area contributed by atoms with Crippen molar-refractivity contribution in [2.75, 3.05) is 19.3 Å². The first-order valence-electron chi connectivity index (χ1n) is 7.63. The van der Waals surface area contributed by atoms with E-state index in [9.17, 15) is 23.1 Å². The standard InChI is InChI=1S/C17H17NO5S2/c1-25(22,23)15-7-12(10-24-15)16(19)18-8-13(14(9-18)17(20)21)11-5-3-2-4-6-11/h2-7,10,13-14H,8-9H2,1H3,(H,20,21)/t13-,14-/m0/s1. The lowest BCUT2D eigenvalue weighted by atomic mass is 9.89. The number of nitrogens with zero attached hydrogens (tertiary/aromatic N) is 1. The van der Waals surface area contributed by atoms with Gasteiger partial charge in [0.2, 0.25) is 0 Å².